The molecule has 0 N–H and O–H groups in total. The van der Waals surface area contributed by atoms with Gasteiger partial charge in [-0.2, -0.15) is 0 Å². The number of fused-ring (bicyclic) bond motifs is 1. The first-order valence-electron chi connectivity index (χ1n) is 13.5. The van der Waals surface area contributed by atoms with E-state index in [9.17, 15) is 9.59 Å². The highest BCUT2D eigenvalue weighted by molar-refractivity contribution is 6.20. The average Bonchev–Trinajstić information content (AvgIpc) is 3.32. The molecule has 1 aromatic carbocycles. The van der Waals surface area contributed by atoms with Gasteiger partial charge in [0.25, 0.3) is 5.91 Å². The quantitative estimate of drug-likeness (QED) is 0.412. The van der Waals surface area contributed by atoms with Gasteiger partial charge in [-0.25, -0.2) is 9.78 Å². The van der Waals surface area contributed by atoms with Crippen molar-refractivity contribution >= 4 is 34.5 Å². The molecule has 1 aliphatic carbocycles. The SMILES string of the molecule is CC(C)N(C(=O)c1ccc2cccc(OCC3CCC(Cl)CC3)c2n1)C1CCN(C(=O)OC(C)(C)C)C1. The van der Waals surface area contributed by atoms with E-state index in [1.165, 1.54) is 0 Å². The van der Waals surface area contributed by atoms with Crippen LogP contribution >= 0.6 is 11.6 Å². The van der Waals surface area contributed by atoms with Crippen LogP contribution in [0.1, 0.15) is 77.2 Å². The van der Waals surface area contributed by atoms with E-state index in [-0.39, 0.29) is 29.5 Å². The molecule has 1 atom stereocenters. The molecule has 1 aromatic heterocycles. The van der Waals surface area contributed by atoms with Crippen molar-refractivity contribution in [3.63, 3.8) is 0 Å². The van der Waals surface area contributed by atoms with Crippen molar-refractivity contribution < 1.29 is 19.1 Å². The van der Waals surface area contributed by atoms with Crippen LogP contribution in [0.2, 0.25) is 0 Å². The van der Waals surface area contributed by atoms with Gasteiger partial charge in [-0.15, -0.1) is 11.6 Å². The van der Waals surface area contributed by atoms with Crippen LogP contribution in [0.15, 0.2) is 30.3 Å². The maximum absolute atomic E-state index is 13.7. The standard InChI is InChI=1S/C29H40ClN3O4/c1-19(2)33(23-15-16-32(17-23)28(35)37-29(3,4)5)27(34)24-14-11-21-7-6-8-25(26(21)31-24)36-18-20-9-12-22(30)13-10-20/h6-8,11,14,19-20,22-23H,9-10,12-13,15-18H2,1-5H3. The Hall–Kier alpha value is -2.54. The second-order valence-corrected chi connectivity index (χ2v) is 12.2. The third-order valence-corrected chi connectivity index (χ3v) is 7.59. The molecule has 2 aromatic rings. The highest BCUT2D eigenvalue weighted by atomic mass is 35.5. The summed E-state index contributed by atoms with van der Waals surface area (Å²) in [5.41, 5.74) is 0.529. The molecule has 0 radical (unpaired) electrons. The van der Waals surface area contributed by atoms with Crippen LogP contribution < -0.4 is 4.74 Å². The number of nitrogens with zero attached hydrogens (tertiary/aromatic N) is 3. The molecule has 0 spiro atoms. The molecule has 2 heterocycles. The van der Waals surface area contributed by atoms with Crippen molar-refractivity contribution in [2.75, 3.05) is 19.7 Å². The molecule has 202 valence electrons. The van der Waals surface area contributed by atoms with Gasteiger partial charge in [0, 0.05) is 29.9 Å². The maximum atomic E-state index is 13.7. The largest absolute Gasteiger partial charge is 0.491 e. The highest BCUT2D eigenvalue weighted by Crippen LogP contribution is 2.30. The number of alkyl halides is 1. The zero-order valence-electron chi connectivity index (χ0n) is 22.7. The van der Waals surface area contributed by atoms with Crippen molar-refractivity contribution in [1.29, 1.82) is 0 Å². The monoisotopic (exact) mass is 529 g/mol. The van der Waals surface area contributed by atoms with Gasteiger partial charge in [0.15, 0.2) is 0 Å². The fraction of sp³-hybridized carbons (Fsp3) is 0.621. The molecule has 0 bridgehead atoms. The summed E-state index contributed by atoms with van der Waals surface area (Å²) in [6.07, 6.45) is 4.56. The number of pyridine rings is 1. The molecule has 2 amide bonds. The fourth-order valence-corrected chi connectivity index (χ4v) is 5.52. The number of rotatable bonds is 6. The van der Waals surface area contributed by atoms with Crippen molar-refractivity contribution in [3.8, 4) is 5.75 Å². The number of halogens is 1. The van der Waals surface area contributed by atoms with Crippen LogP contribution in [-0.4, -0.2) is 69.5 Å². The predicted molar refractivity (Wildman–Crippen MR) is 146 cm³/mol. The maximum Gasteiger partial charge on any atom is 0.410 e. The fourth-order valence-electron chi connectivity index (χ4n) is 5.27. The third-order valence-electron chi connectivity index (χ3n) is 7.15. The number of ether oxygens (including phenoxy) is 2. The number of carbonyl (C=O) groups excluding carboxylic acids is 2. The second-order valence-electron chi connectivity index (χ2n) is 11.6. The van der Waals surface area contributed by atoms with E-state index in [4.69, 9.17) is 26.1 Å². The Bertz CT molecular complexity index is 1110. The molecule has 8 heteroatoms. The first kappa shape index (κ1) is 27.5. The van der Waals surface area contributed by atoms with Gasteiger partial charge in [0.2, 0.25) is 0 Å². The number of hydrogen-bond donors (Lipinski definition) is 0. The van der Waals surface area contributed by atoms with Gasteiger partial charge in [-0.05, 0) is 84.8 Å². The summed E-state index contributed by atoms with van der Waals surface area (Å²) in [6.45, 7) is 11.2. The Labute approximate surface area is 225 Å². The van der Waals surface area contributed by atoms with Gasteiger partial charge >= 0.3 is 6.09 Å². The molecule has 2 fully saturated rings. The smallest absolute Gasteiger partial charge is 0.410 e. The minimum Gasteiger partial charge on any atom is -0.491 e. The summed E-state index contributed by atoms with van der Waals surface area (Å²) in [4.78, 5) is 34.7. The molecule has 37 heavy (non-hydrogen) atoms. The molecular weight excluding hydrogens is 490 g/mol. The molecular formula is C29H40ClN3O4. The molecule has 7 nitrogen and oxygen atoms in total. The van der Waals surface area contributed by atoms with Crippen LogP contribution in [0.4, 0.5) is 4.79 Å². The van der Waals surface area contributed by atoms with Gasteiger partial charge in [0.1, 0.15) is 22.6 Å². The summed E-state index contributed by atoms with van der Waals surface area (Å²) in [5, 5.41) is 1.22. The van der Waals surface area contributed by atoms with Crippen molar-refractivity contribution in [2.24, 2.45) is 5.92 Å². The molecule has 2 aliphatic rings. The van der Waals surface area contributed by atoms with Crippen LogP contribution in [-0.2, 0) is 4.74 Å². The molecule has 1 saturated carbocycles. The zero-order chi connectivity index (χ0) is 26.7. The number of carbonyl (C=O) groups is 2. The lowest BCUT2D eigenvalue weighted by atomic mass is 9.89. The highest BCUT2D eigenvalue weighted by Gasteiger charge is 2.36. The predicted octanol–water partition coefficient (Wildman–Crippen LogP) is 6.27. The number of hydrogen-bond acceptors (Lipinski definition) is 5. The average molecular weight is 530 g/mol. The lowest BCUT2D eigenvalue weighted by Crippen LogP contribution is -2.47. The summed E-state index contributed by atoms with van der Waals surface area (Å²) >= 11 is 6.26. The Morgan fingerprint density at radius 3 is 2.51 bits per heavy atom. The topological polar surface area (TPSA) is 72.0 Å². The molecule has 1 aliphatic heterocycles. The Morgan fingerprint density at radius 2 is 1.84 bits per heavy atom. The van der Waals surface area contributed by atoms with Gasteiger partial charge in [-0.1, -0.05) is 18.2 Å². The first-order valence-corrected chi connectivity index (χ1v) is 13.9. The van der Waals surface area contributed by atoms with Crippen molar-refractivity contribution in [1.82, 2.24) is 14.8 Å². The van der Waals surface area contributed by atoms with E-state index >= 15 is 0 Å². The number of aromatic nitrogens is 1. The summed E-state index contributed by atoms with van der Waals surface area (Å²) < 4.78 is 11.8. The van der Waals surface area contributed by atoms with E-state index in [2.05, 4.69) is 0 Å². The zero-order valence-corrected chi connectivity index (χ0v) is 23.5. The van der Waals surface area contributed by atoms with Gasteiger partial charge in [0.05, 0.1) is 12.6 Å². The molecule has 1 unspecified atom stereocenters. The molecule has 4 rings (SSSR count). The lowest BCUT2D eigenvalue weighted by molar-refractivity contribution is 0.0268. The van der Waals surface area contributed by atoms with Crippen LogP contribution in [0.5, 0.6) is 5.75 Å². The Morgan fingerprint density at radius 1 is 1.11 bits per heavy atom. The minimum atomic E-state index is -0.555. The number of likely N-dealkylation sites (tertiary alicyclic amines) is 1. The van der Waals surface area contributed by atoms with Crippen molar-refractivity contribution in [3.05, 3.63) is 36.0 Å². The Balaban J connectivity index is 1.50. The van der Waals surface area contributed by atoms with E-state index in [1.54, 1.807) is 11.0 Å². The normalized spacial score (nSPS) is 22.4. The number of amides is 2. The number of para-hydroxylation sites is 1. The number of benzene rings is 1. The second kappa shape index (κ2) is 11.5. The minimum absolute atomic E-state index is 0.0443. The molecule has 1 saturated heterocycles. The van der Waals surface area contributed by atoms with Crippen LogP contribution in [0.3, 0.4) is 0 Å². The lowest BCUT2D eigenvalue weighted by Gasteiger charge is -2.33. The van der Waals surface area contributed by atoms with E-state index in [1.807, 2.05) is 63.8 Å². The van der Waals surface area contributed by atoms with E-state index < -0.39 is 5.60 Å². The Kier molecular flexibility index (Phi) is 8.52. The first-order chi connectivity index (χ1) is 17.5. The summed E-state index contributed by atoms with van der Waals surface area (Å²) in [6, 6.07) is 9.44. The van der Waals surface area contributed by atoms with Crippen LogP contribution in [0.25, 0.3) is 10.9 Å². The van der Waals surface area contributed by atoms with Gasteiger partial charge < -0.3 is 19.3 Å². The van der Waals surface area contributed by atoms with Gasteiger partial charge in [-0.3, -0.25) is 4.79 Å². The van der Waals surface area contributed by atoms with Crippen LogP contribution in [0, 0.1) is 5.92 Å². The third kappa shape index (κ3) is 6.86. The van der Waals surface area contributed by atoms with E-state index in [0.717, 1.165) is 31.1 Å². The summed E-state index contributed by atoms with van der Waals surface area (Å²) in [7, 11) is 0. The van der Waals surface area contributed by atoms with E-state index in [0.29, 0.717) is 49.0 Å². The summed E-state index contributed by atoms with van der Waals surface area (Å²) in [5.74, 6) is 1.05. The van der Waals surface area contributed by atoms with Crippen molar-refractivity contribution in [2.45, 2.75) is 89.8 Å².